The summed E-state index contributed by atoms with van der Waals surface area (Å²) >= 11 is 3.62. The van der Waals surface area contributed by atoms with Crippen LogP contribution in [0.5, 0.6) is 0 Å². The molecule has 2 rings (SSSR count). The maximum Gasteiger partial charge on any atom is 0.269 e. The van der Waals surface area contributed by atoms with E-state index in [1.165, 1.54) is 32.1 Å². The Kier molecular flexibility index (Phi) is 4.66. The zero-order valence-corrected chi connectivity index (χ0v) is 13.3. The van der Waals surface area contributed by atoms with Crippen LogP contribution in [0.3, 0.4) is 0 Å². The Morgan fingerprint density at radius 3 is 2.68 bits per heavy atom. The SMILES string of the molecule is Cc1cc(C(=O)NCC2(CBr)CCCCC2)n(C)n1. The van der Waals surface area contributed by atoms with Crippen molar-refractivity contribution >= 4 is 21.8 Å². The summed E-state index contributed by atoms with van der Waals surface area (Å²) in [6.45, 7) is 2.65. The first kappa shape index (κ1) is 14.6. The summed E-state index contributed by atoms with van der Waals surface area (Å²) in [5, 5.41) is 8.26. The Bertz CT molecular complexity index is 450. The van der Waals surface area contributed by atoms with Gasteiger partial charge in [-0.3, -0.25) is 9.48 Å². The van der Waals surface area contributed by atoms with Crippen LogP contribution in [0.1, 0.15) is 48.3 Å². The monoisotopic (exact) mass is 327 g/mol. The largest absolute Gasteiger partial charge is 0.350 e. The molecule has 0 bridgehead atoms. The number of hydrogen-bond acceptors (Lipinski definition) is 2. The fourth-order valence-corrected chi connectivity index (χ4v) is 3.60. The van der Waals surface area contributed by atoms with Crippen molar-refractivity contribution in [2.24, 2.45) is 12.5 Å². The lowest BCUT2D eigenvalue weighted by Crippen LogP contribution is -2.40. The van der Waals surface area contributed by atoms with Crippen molar-refractivity contribution in [3.63, 3.8) is 0 Å². The number of halogens is 1. The molecular formula is C14H22BrN3O. The molecule has 1 amide bonds. The number of rotatable bonds is 4. The van der Waals surface area contributed by atoms with Gasteiger partial charge in [-0.05, 0) is 31.2 Å². The minimum absolute atomic E-state index is 0.0194. The molecule has 106 valence electrons. The van der Waals surface area contributed by atoms with Crippen LogP contribution in [0, 0.1) is 12.3 Å². The highest BCUT2D eigenvalue weighted by molar-refractivity contribution is 9.09. The molecule has 0 saturated heterocycles. The van der Waals surface area contributed by atoms with Gasteiger partial charge in [0.15, 0.2) is 0 Å². The molecule has 0 spiro atoms. The van der Waals surface area contributed by atoms with Crippen molar-refractivity contribution in [3.05, 3.63) is 17.5 Å². The van der Waals surface area contributed by atoms with Crippen LogP contribution in [-0.2, 0) is 7.05 Å². The van der Waals surface area contributed by atoms with Crippen LogP contribution in [0.2, 0.25) is 0 Å². The Morgan fingerprint density at radius 1 is 1.47 bits per heavy atom. The van der Waals surface area contributed by atoms with Crippen LogP contribution in [0.15, 0.2) is 6.07 Å². The zero-order valence-electron chi connectivity index (χ0n) is 11.7. The van der Waals surface area contributed by atoms with E-state index in [2.05, 4.69) is 26.3 Å². The number of amides is 1. The van der Waals surface area contributed by atoms with E-state index in [4.69, 9.17) is 0 Å². The van der Waals surface area contributed by atoms with Gasteiger partial charge in [0.25, 0.3) is 5.91 Å². The average molecular weight is 328 g/mol. The number of nitrogens with one attached hydrogen (secondary N) is 1. The van der Waals surface area contributed by atoms with E-state index >= 15 is 0 Å². The second kappa shape index (κ2) is 6.07. The van der Waals surface area contributed by atoms with Gasteiger partial charge in [0.2, 0.25) is 0 Å². The van der Waals surface area contributed by atoms with Gasteiger partial charge in [-0.25, -0.2) is 0 Å². The molecule has 1 heterocycles. The predicted octanol–water partition coefficient (Wildman–Crippen LogP) is 2.80. The lowest BCUT2D eigenvalue weighted by atomic mass is 9.75. The van der Waals surface area contributed by atoms with Gasteiger partial charge in [-0.15, -0.1) is 0 Å². The zero-order chi connectivity index (χ0) is 13.9. The van der Waals surface area contributed by atoms with Gasteiger partial charge in [-0.1, -0.05) is 35.2 Å². The van der Waals surface area contributed by atoms with E-state index in [-0.39, 0.29) is 11.3 Å². The third-order valence-corrected chi connectivity index (χ3v) is 5.25. The highest BCUT2D eigenvalue weighted by Gasteiger charge is 2.31. The Labute approximate surface area is 123 Å². The van der Waals surface area contributed by atoms with E-state index in [9.17, 15) is 4.79 Å². The smallest absolute Gasteiger partial charge is 0.269 e. The van der Waals surface area contributed by atoms with Crippen LogP contribution < -0.4 is 5.32 Å². The van der Waals surface area contributed by atoms with Crippen LogP contribution >= 0.6 is 15.9 Å². The normalized spacial score (nSPS) is 18.3. The highest BCUT2D eigenvalue weighted by atomic mass is 79.9. The molecule has 1 aliphatic carbocycles. The minimum atomic E-state index is -0.0194. The standard InChI is InChI=1S/C14H22BrN3O/c1-11-8-12(18(2)17-11)13(19)16-10-14(9-15)6-4-3-5-7-14/h8H,3-7,9-10H2,1-2H3,(H,16,19). The van der Waals surface area contributed by atoms with Crippen molar-refractivity contribution in [1.29, 1.82) is 0 Å². The summed E-state index contributed by atoms with van der Waals surface area (Å²) in [6.07, 6.45) is 6.26. The average Bonchev–Trinajstić information content (AvgIpc) is 2.76. The van der Waals surface area contributed by atoms with Crippen molar-refractivity contribution in [1.82, 2.24) is 15.1 Å². The maximum absolute atomic E-state index is 12.2. The number of aryl methyl sites for hydroxylation is 2. The molecule has 1 aromatic heterocycles. The molecule has 0 atom stereocenters. The number of alkyl halides is 1. The maximum atomic E-state index is 12.2. The number of aromatic nitrogens is 2. The molecule has 4 nitrogen and oxygen atoms in total. The first-order valence-electron chi connectivity index (χ1n) is 6.91. The van der Waals surface area contributed by atoms with E-state index in [1.54, 1.807) is 4.68 Å². The van der Waals surface area contributed by atoms with Gasteiger partial charge in [0, 0.05) is 18.9 Å². The van der Waals surface area contributed by atoms with Crippen molar-refractivity contribution in [2.75, 3.05) is 11.9 Å². The van der Waals surface area contributed by atoms with E-state index < -0.39 is 0 Å². The van der Waals surface area contributed by atoms with Gasteiger partial charge < -0.3 is 5.32 Å². The number of hydrogen-bond donors (Lipinski definition) is 1. The first-order valence-corrected chi connectivity index (χ1v) is 8.03. The van der Waals surface area contributed by atoms with Crippen molar-refractivity contribution in [3.8, 4) is 0 Å². The van der Waals surface area contributed by atoms with Gasteiger partial charge in [-0.2, -0.15) is 5.10 Å². The molecule has 0 radical (unpaired) electrons. The molecule has 1 aromatic rings. The number of carbonyl (C=O) groups excluding carboxylic acids is 1. The van der Waals surface area contributed by atoms with Gasteiger partial charge >= 0.3 is 0 Å². The molecule has 0 unspecified atom stereocenters. The lowest BCUT2D eigenvalue weighted by Gasteiger charge is -2.35. The Morgan fingerprint density at radius 2 is 2.16 bits per heavy atom. The Hall–Kier alpha value is -0.840. The molecule has 1 saturated carbocycles. The van der Waals surface area contributed by atoms with E-state index in [0.717, 1.165) is 17.6 Å². The quantitative estimate of drug-likeness (QED) is 0.864. The summed E-state index contributed by atoms with van der Waals surface area (Å²) in [7, 11) is 1.81. The molecular weight excluding hydrogens is 306 g/mol. The molecule has 0 aromatic carbocycles. The molecule has 5 heteroatoms. The third-order valence-electron chi connectivity index (χ3n) is 4.06. The number of carbonyl (C=O) groups is 1. The fourth-order valence-electron chi connectivity index (χ4n) is 2.84. The molecule has 1 fully saturated rings. The van der Waals surface area contributed by atoms with E-state index in [0.29, 0.717) is 5.69 Å². The fraction of sp³-hybridized carbons (Fsp3) is 0.714. The topological polar surface area (TPSA) is 46.9 Å². The summed E-state index contributed by atoms with van der Waals surface area (Å²) in [6, 6.07) is 1.83. The third kappa shape index (κ3) is 3.38. The Balaban J connectivity index is 1.97. The summed E-state index contributed by atoms with van der Waals surface area (Å²) in [5.41, 5.74) is 1.75. The molecule has 19 heavy (non-hydrogen) atoms. The predicted molar refractivity (Wildman–Crippen MR) is 79.6 cm³/mol. The second-order valence-corrected chi connectivity index (χ2v) is 6.23. The molecule has 1 N–H and O–H groups in total. The van der Waals surface area contributed by atoms with Crippen LogP contribution in [0.25, 0.3) is 0 Å². The first-order chi connectivity index (χ1) is 9.06. The van der Waals surface area contributed by atoms with Crippen LogP contribution in [-0.4, -0.2) is 27.6 Å². The lowest BCUT2D eigenvalue weighted by molar-refractivity contribution is 0.0912. The summed E-state index contributed by atoms with van der Waals surface area (Å²) < 4.78 is 1.65. The van der Waals surface area contributed by atoms with Gasteiger partial charge in [0.05, 0.1) is 5.69 Å². The van der Waals surface area contributed by atoms with Crippen LogP contribution in [0.4, 0.5) is 0 Å². The second-order valence-electron chi connectivity index (χ2n) is 5.67. The minimum Gasteiger partial charge on any atom is -0.350 e. The van der Waals surface area contributed by atoms with Crippen molar-refractivity contribution in [2.45, 2.75) is 39.0 Å². The summed E-state index contributed by atoms with van der Waals surface area (Å²) in [5.74, 6) is -0.0194. The molecule has 0 aliphatic heterocycles. The number of nitrogens with zero attached hydrogens (tertiary/aromatic N) is 2. The molecule has 1 aliphatic rings. The van der Waals surface area contributed by atoms with Gasteiger partial charge in [0.1, 0.15) is 5.69 Å². The highest BCUT2D eigenvalue weighted by Crippen LogP contribution is 2.37. The summed E-state index contributed by atoms with van der Waals surface area (Å²) in [4.78, 5) is 12.2. The van der Waals surface area contributed by atoms with Crippen molar-refractivity contribution < 1.29 is 4.79 Å². The van der Waals surface area contributed by atoms with E-state index in [1.807, 2.05) is 20.0 Å².